The van der Waals surface area contributed by atoms with Crippen LogP contribution in [0.25, 0.3) is 0 Å². The van der Waals surface area contributed by atoms with Gasteiger partial charge in [-0.25, -0.2) is 0 Å². The minimum Gasteiger partial charge on any atom is -0.497 e. The molecule has 10 nitrogen and oxygen atoms in total. The summed E-state index contributed by atoms with van der Waals surface area (Å²) in [6, 6.07) is 21.9. The van der Waals surface area contributed by atoms with Gasteiger partial charge >= 0.3 is 5.97 Å². The average Bonchev–Trinajstić information content (AvgIpc) is 3.02. The molecule has 226 valence electrons. The van der Waals surface area contributed by atoms with Crippen LogP contribution < -0.4 is 14.2 Å². The number of benzene rings is 3. The first-order valence-electron chi connectivity index (χ1n) is 13.6. The van der Waals surface area contributed by atoms with Gasteiger partial charge in [0.15, 0.2) is 6.10 Å². The van der Waals surface area contributed by atoms with Crippen molar-refractivity contribution in [2.24, 2.45) is 0 Å². The minimum atomic E-state index is -1.40. The molecule has 3 aromatic rings. The van der Waals surface area contributed by atoms with E-state index in [-0.39, 0.29) is 19.8 Å². The van der Waals surface area contributed by atoms with Crippen molar-refractivity contribution in [3.05, 3.63) is 89.5 Å². The standard InChI is InChI=1S/C32H38O10/c1-20(33)42-29-27(34)30(39-17-21-5-11-24(36-2)12-6-21)32(41-19-23-9-15-26(38-4)16-10-23)31(28(29)35)40-18-22-7-13-25(37-3)14-8-22/h5-16,27-32,34-35H,17-19H2,1-4H3/t27-,28-,29?,30-,31+,32?/m0/s1. The maximum Gasteiger partial charge on any atom is 0.303 e. The van der Waals surface area contributed by atoms with Crippen LogP contribution in [0.15, 0.2) is 72.8 Å². The van der Waals surface area contributed by atoms with Crippen LogP contribution in [0.5, 0.6) is 17.2 Å². The highest BCUT2D eigenvalue weighted by molar-refractivity contribution is 5.66. The SMILES string of the molecule is COc1ccc(COC2[C@@H](OCc3ccc(OC)cc3)[C@@H](O)C(OC(C)=O)[C@H](O)[C@H]2OCc2ccc(OC)cc2)cc1. The number of esters is 1. The van der Waals surface area contributed by atoms with Crippen LogP contribution in [0.2, 0.25) is 0 Å². The number of ether oxygens (including phenoxy) is 7. The second-order valence-electron chi connectivity index (χ2n) is 9.93. The molecule has 4 rings (SSSR count). The molecule has 2 unspecified atom stereocenters. The third-order valence-electron chi connectivity index (χ3n) is 7.10. The van der Waals surface area contributed by atoms with Crippen molar-refractivity contribution in [1.82, 2.24) is 0 Å². The lowest BCUT2D eigenvalue weighted by atomic mass is 9.84. The Bertz CT molecular complexity index is 1180. The van der Waals surface area contributed by atoms with E-state index >= 15 is 0 Å². The van der Waals surface area contributed by atoms with Crippen LogP contribution >= 0.6 is 0 Å². The molecule has 1 aliphatic carbocycles. The summed E-state index contributed by atoms with van der Waals surface area (Å²) >= 11 is 0. The Kier molecular flexibility index (Phi) is 11.2. The highest BCUT2D eigenvalue weighted by atomic mass is 16.6. The van der Waals surface area contributed by atoms with Gasteiger partial charge in [-0.2, -0.15) is 0 Å². The summed E-state index contributed by atoms with van der Waals surface area (Å²) in [6.45, 7) is 1.58. The number of carbonyl (C=O) groups is 1. The number of methoxy groups -OCH3 is 3. The Hall–Kier alpha value is -3.67. The maximum absolute atomic E-state index is 11.9. The average molecular weight is 583 g/mol. The summed E-state index contributed by atoms with van der Waals surface area (Å²) < 4.78 is 39.9. The third kappa shape index (κ3) is 7.99. The first-order valence-corrected chi connectivity index (χ1v) is 13.6. The molecule has 1 aliphatic rings. The number of hydrogen-bond acceptors (Lipinski definition) is 10. The lowest BCUT2D eigenvalue weighted by molar-refractivity contribution is -0.267. The fourth-order valence-corrected chi connectivity index (χ4v) is 4.80. The molecular weight excluding hydrogens is 544 g/mol. The first-order chi connectivity index (χ1) is 20.3. The summed E-state index contributed by atoms with van der Waals surface area (Å²) in [4.78, 5) is 11.9. The molecule has 0 amide bonds. The lowest BCUT2D eigenvalue weighted by Crippen LogP contribution is -2.66. The van der Waals surface area contributed by atoms with E-state index < -0.39 is 42.6 Å². The van der Waals surface area contributed by atoms with Gasteiger partial charge in [-0.1, -0.05) is 36.4 Å². The van der Waals surface area contributed by atoms with Gasteiger partial charge in [0.2, 0.25) is 0 Å². The second kappa shape index (κ2) is 15.0. The zero-order valence-corrected chi connectivity index (χ0v) is 24.2. The lowest BCUT2D eigenvalue weighted by Gasteiger charge is -2.46. The Morgan fingerprint density at radius 3 is 1.14 bits per heavy atom. The van der Waals surface area contributed by atoms with Crippen molar-refractivity contribution in [2.75, 3.05) is 21.3 Å². The second-order valence-corrected chi connectivity index (χ2v) is 9.93. The zero-order chi connectivity index (χ0) is 30.1. The van der Waals surface area contributed by atoms with E-state index in [1.807, 2.05) is 48.5 Å². The largest absolute Gasteiger partial charge is 0.497 e. The molecule has 10 heteroatoms. The molecule has 42 heavy (non-hydrogen) atoms. The van der Waals surface area contributed by atoms with Gasteiger partial charge < -0.3 is 43.4 Å². The molecule has 1 fully saturated rings. The van der Waals surface area contributed by atoms with E-state index in [1.165, 1.54) is 6.92 Å². The molecule has 0 radical (unpaired) electrons. The highest BCUT2D eigenvalue weighted by Gasteiger charge is 2.53. The minimum absolute atomic E-state index is 0.113. The zero-order valence-electron chi connectivity index (χ0n) is 24.2. The molecule has 2 N–H and O–H groups in total. The number of rotatable bonds is 13. The molecule has 0 aliphatic heterocycles. The summed E-state index contributed by atoms with van der Waals surface area (Å²) in [5, 5.41) is 22.7. The molecule has 6 atom stereocenters. The predicted molar refractivity (Wildman–Crippen MR) is 152 cm³/mol. The normalized spacial score (nSPS) is 23.7. The maximum atomic E-state index is 11.9. The molecule has 0 heterocycles. The van der Waals surface area contributed by atoms with E-state index in [0.717, 1.165) is 16.7 Å². The van der Waals surface area contributed by atoms with Crippen molar-refractivity contribution >= 4 is 5.97 Å². The van der Waals surface area contributed by atoms with Crippen LogP contribution in [0.1, 0.15) is 23.6 Å². The van der Waals surface area contributed by atoms with E-state index in [4.69, 9.17) is 33.2 Å². The third-order valence-corrected chi connectivity index (χ3v) is 7.10. The number of hydrogen-bond donors (Lipinski definition) is 2. The Labute approximate surface area is 245 Å². The van der Waals surface area contributed by atoms with Crippen LogP contribution in [-0.4, -0.2) is 74.1 Å². The summed E-state index contributed by atoms with van der Waals surface area (Å²) in [5.74, 6) is 1.44. The molecule has 0 bridgehead atoms. The Balaban J connectivity index is 1.60. The molecule has 0 spiro atoms. The van der Waals surface area contributed by atoms with Crippen molar-refractivity contribution < 1.29 is 48.2 Å². The monoisotopic (exact) mass is 582 g/mol. The van der Waals surface area contributed by atoms with Crippen LogP contribution in [0.4, 0.5) is 0 Å². The van der Waals surface area contributed by atoms with E-state index in [1.54, 1.807) is 45.6 Å². The van der Waals surface area contributed by atoms with Crippen LogP contribution in [0, 0.1) is 0 Å². The molecule has 1 saturated carbocycles. The van der Waals surface area contributed by atoms with Gasteiger partial charge in [-0.15, -0.1) is 0 Å². The topological polar surface area (TPSA) is 122 Å². The van der Waals surface area contributed by atoms with Gasteiger partial charge in [-0.05, 0) is 53.1 Å². The predicted octanol–water partition coefficient (Wildman–Crippen LogP) is 3.44. The van der Waals surface area contributed by atoms with Crippen molar-refractivity contribution in [1.29, 1.82) is 0 Å². The number of aliphatic hydroxyl groups excluding tert-OH is 2. The fraction of sp³-hybridized carbons (Fsp3) is 0.406. The molecule has 3 aromatic carbocycles. The summed E-state index contributed by atoms with van der Waals surface area (Å²) in [6.07, 6.45) is -7.06. The van der Waals surface area contributed by atoms with E-state index in [0.29, 0.717) is 17.2 Å². The van der Waals surface area contributed by atoms with Crippen LogP contribution in [0.3, 0.4) is 0 Å². The smallest absolute Gasteiger partial charge is 0.303 e. The Morgan fingerprint density at radius 2 is 0.857 bits per heavy atom. The summed E-state index contributed by atoms with van der Waals surface area (Å²) in [5.41, 5.74) is 2.48. The van der Waals surface area contributed by atoms with Crippen molar-refractivity contribution in [2.45, 2.75) is 63.4 Å². The van der Waals surface area contributed by atoms with Gasteiger partial charge in [-0.3, -0.25) is 4.79 Å². The molecule has 0 saturated heterocycles. The van der Waals surface area contributed by atoms with Gasteiger partial charge in [0.25, 0.3) is 0 Å². The Morgan fingerprint density at radius 1 is 0.548 bits per heavy atom. The van der Waals surface area contributed by atoms with E-state index in [2.05, 4.69) is 0 Å². The highest BCUT2D eigenvalue weighted by Crippen LogP contribution is 2.32. The quantitative estimate of drug-likeness (QED) is 0.290. The number of aliphatic hydroxyl groups is 2. The van der Waals surface area contributed by atoms with Gasteiger partial charge in [0.05, 0.1) is 41.2 Å². The molecular formula is C32H38O10. The summed E-state index contributed by atoms with van der Waals surface area (Å²) in [7, 11) is 4.76. The first kappa shape index (κ1) is 31.3. The number of carbonyl (C=O) groups excluding carboxylic acids is 1. The van der Waals surface area contributed by atoms with Crippen molar-refractivity contribution in [3.8, 4) is 17.2 Å². The van der Waals surface area contributed by atoms with Gasteiger partial charge in [0, 0.05) is 6.92 Å². The van der Waals surface area contributed by atoms with Crippen LogP contribution in [-0.2, 0) is 43.6 Å². The van der Waals surface area contributed by atoms with Crippen molar-refractivity contribution in [3.63, 3.8) is 0 Å². The van der Waals surface area contributed by atoms with E-state index in [9.17, 15) is 15.0 Å². The molecule has 0 aromatic heterocycles. The van der Waals surface area contributed by atoms with Gasteiger partial charge in [0.1, 0.15) is 47.8 Å². The fourth-order valence-electron chi connectivity index (χ4n) is 4.80.